The Morgan fingerprint density at radius 2 is 1.80 bits per heavy atom. The Morgan fingerprint density at radius 3 is 2.35 bits per heavy atom. The lowest BCUT2D eigenvalue weighted by Crippen LogP contribution is -2.24. The molecule has 0 amide bonds. The molecule has 1 aromatic rings. The van der Waals surface area contributed by atoms with Crippen molar-refractivity contribution in [2.75, 3.05) is 5.75 Å². The summed E-state index contributed by atoms with van der Waals surface area (Å²) in [7, 11) is -1.13. The van der Waals surface area contributed by atoms with Gasteiger partial charge in [-0.15, -0.1) is 0 Å². The van der Waals surface area contributed by atoms with Gasteiger partial charge < -0.3 is 0 Å². The Kier molecular flexibility index (Phi) is 5.00. The summed E-state index contributed by atoms with van der Waals surface area (Å²) in [4.78, 5) is 22.0. The highest BCUT2D eigenvalue weighted by atomic mass is 32.2. The fraction of sp³-hybridized carbons (Fsp3) is 0.500. The molecule has 0 saturated heterocycles. The van der Waals surface area contributed by atoms with Crippen LogP contribution in [0.15, 0.2) is 24.3 Å². The van der Waals surface area contributed by atoms with E-state index in [2.05, 4.69) is 0 Å². The topological polar surface area (TPSA) is 77.3 Å². The molecule has 108 valence electrons. The van der Waals surface area contributed by atoms with E-state index in [1.165, 1.54) is 30.7 Å². The molecule has 1 aromatic carbocycles. The first kappa shape index (κ1) is 14.8. The number of nitro groups is 1. The minimum atomic E-state index is -1.13. The summed E-state index contributed by atoms with van der Waals surface area (Å²) < 4.78 is 12.1. The van der Waals surface area contributed by atoms with Gasteiger partial charge in [-0.1, -0.05) is 19.3 Å². The number of carbonyl (C=O) groups excluding carboxylic acids is 1. The van der Waals surface area contributed by atoms with Gasteiger partial charge in [0.1, 0.15) is 0 Å². The van der Waals surface area contributed by atoms with Crippen LogP contribution in [0.4, 0.5) is 5.69 Å². The summed E-state index contributed by atoms with van der Waals surface area (Å²) in [6.07, 6.45) is 5.22. The number of carbonyl (C=O) groups is 1. The Hall–Kier alpha value is -1.56. The Morgan fingerprint density at radius 1 is 1.20 bits per heavy atom. The van der Waals surface area contributed by atoms with Crippen molar-refractivity contribution in [2.45, 2.75) is 37.4 Å². The van der Waals surface area contributed by atoms with Crippen molar-refractivity contribution in [1.82, 2.24) is 0 Å². The zero-order valence-corrected chi connectivity index (χ0v) is 11.9. The molecule has 0 aromatic heterocycles. The molecule has 0 aliphatic heterocycles. The second kappa shape index (κ2) is 6.74. The Balaban J connectivity index is 1.96. The van der Waals surface area contributed by atoms with Gasteiger partial charge in [-0.05, 0) is 25.0 Å². The highest BCUT2D eigenvalue weighted by Crippen LogP contribution is 2.22. The fourth-order valence-corrected chi connectivity index (χ4v) is 3.95. The van der Waals surface area contributed by atoms with Crippen molar-refractivity contribution in [3.8, 4) is 0 Å². The molecule has 0 N–H and O–H groups in total. The number of nitrogens with zero attached hydrogens (tertiary/aromatic N) is 1. The first-order valence-corrected chi connectivity index (χ1v) is 8.11. The van der Waals surface area contributed by atoms with Crippen molar-refractivity contribution < 1.29 is 13.9 Å². The van der Waals surface area contributed by atoms with E-state index in [0.29, 0.717) is 5.56 Å². The lowest BCUT2D eigenvalue weighted by molar-refractivity contribution is -0.384. The number of hydrogen-bond donors (Lipinski definition) is 0. The van der Waals surface area contributed by atoms with E-state index in [0.717, 1.165) is 25.7 Å². The van der Waals surface area contributed by atoms with E-state index in [-0.39, 0.29) is 22.5 Å². The summed E-state index contributed by atoms with van der Waals surface area (Å²) in [6, 6.07) is 5.46. The quantitative estimate of drug-likeness (QED) is 0.475. The summed E-state index contributed by atoms with van der Waals surface area (Å²) in [6.45, 7) is 0. The monoisotopic (exact) mass is 295 g/mol. The van der Waals surface area contributed by atoms with Gasteiger partial charge in [-0.25, -0.2) is 0 Å². The van der Waals surface area contributed by atoms with E-state index >= 15 is 0 Å². The minimum Gasteiger partial charge on any atom is -0.293 e. The molecule has 1 unspecified atom stereocenters. The van der Waals surface area contributed by atoms with Crippen LogP contribution < -0.4 is 0 Å². The van der Waals surface area contributed by atoms with Crippen molar-refractivity contribution in [2.24, 2.45) is 0 Å². The zero-order chi connectivity index (χ0) is 14.5. The molecule has 20 heavy (non-hydrogen) atoms. The second-order valence-corrected chi connectivity index (χ2v) is 6.73. The van der Waals surface area contributed by atoms with Gasteiger partial charge >= 0.3 is 0 Å². The molecule has 1 atom stereocenters. The molecule has 1 fully saturated rings. The first-order valence-electron chi connectivity index (χ1n) is 6.73. The highest BCUT2D eigenvalue weighted by molar-refractivity contribution is 7.86. The fourth-order valence-electron chi connectivity index (χ4n) is 2.43. The lowest BCUT2D eigenvalue weighted by atomic mass is 10.0. The Labute approximate surface area is 120 Å². The van der Waals surface area contributed by atoms with E-state index in [4.69, 9.17) is 0 Å². The number of benzene rings is 1. The number of hydrogen-bond acceptors (Lipinski definition) is 4. The van der Waals surface area contributed by atoms with Crippen LogP contribution in [0.2, 0.25) is 0 Å². The third-order valence-corrected chi connectivity index (χ3v) is 5.36. The average molecular weight is 295 g/mol. The molecular weight excluding hydrogens is 278 g/mol. The van der Waals surface area contributed by atoms with Gasteiger partial charge in [0, 0.05) is 33.7 Å². The molecule has 5 nitrogen and oxygen atoms in total. The standard InChI is InChI=1S/C14H17NO4S/c16-14(10-20(19)13-4-2-1-3-5-13)11-6-8-12(9-7-11)15(17)18/h6-9,13H,1-5,10H2. The second-order valence-electron chi connectivity index (χ2n) is 5.01. The van der Waals surface area contributed by atoms with Crippen LogP contribution in [-0.2, 0) is 10.8 Å². The van der Waals surface area contributed by atoms with Crippen LogP contribution >= 0.6 is 0 Å². The Bertz CT molecular complexity index is 520. The van der Waals surface area contributed by atoms with Crippen molar-refractivity contribution in [3.05, 3.63) is 39.9 Å². The van der Waals surface area contributed by atoms with Gasteiger partial charge in [0.2, 0.25) is 0 Å². The number of rotatable bonds is 5. The van der Waals surface area contributed by atoms with Crippen LogP contribution in [0.1, 0.15) is 42.5 Å². The maximum Gasteiger partial charge on any atom is 0.269 e. The van der Waals surface area contributed by atoms with Gasteiger partial charge in [0.25, 0.3) is 5.69 Å². The lowest BCUT2D eigenvalue weighted by Gasteiger charge is -2.20. The van der Waals surface area contributed by atoms with Gasteiger partial charge in [-0.2, -0.15) is 0 Å². The summed E-state index contributed by atoms with van der Waals surface area (Å²) >= 11 is 0. The molecular formula is C14H17NO4S. The van der Waals surface area contributed by atoms with Gasteiger partial charge in [0.05, 0.1) is 10.7 Å². The molecule has 0 bridgehead atoms. The zero-order valence-electron chi connectivity index (χ0n) is 11.1. The number of nitro benzene ring substituents is 1. The normalized spacial score (nSPS) is 17.6. The summed E-state index contributed by atoms with van der Waals surface area (Å²) in [5.41, 5.74) is 0.342. The maximum atomic E-state index is 12.1. The third kappa shape index (κ3) is 3.72. The maximum absolute atomic E-state index is 12.1. The van der Waals surface area contributed by atoms with Crippen LogP contribution in [0.5, 0.6) is 0 Å². The van der Waals surface area contributed by atoms with Crippen LogP contribution in [-0.4, -0.2) is 25.9 Å². The number of Topliss-reactive ketones (excluding diaryl/α,β-unsaturated/α-hetero) is 1. The highest BCUT2D eigenvalue weighted by Gasteiger charge is 2.22. The van der Waals surface area contributed by atoms with E-state index < -0.39 is 15.7 Å². The van der Waals surface area contributed by atoms with Crippen molar-refractivity contribution >= 4 is 22.3 Å². The largest absolute Gasteiger partial charge is 0.293 e. The van der Waals surface area contributed by atoms with E-state index in [9.17, 15) is 19.1 Å². The first-order chi connectivity index (χ1) is 9.58. The SMILES string of the molecule is O=C(CS(=O)C1CCCCC1)c1ccc([N+](=O)[O-])cc1. The number of non-ortho nitro benzene ring substituents is 1. The molecule has 1 aliphatic rings. The van der Waals surface area contributed by atoms with Crippen LogP contribution in [0.3, 0.4) is 0 Å². The molecule has 2 rings (SSSR count). The van der Waals surface area contributed by atoms with Crippen LogP contribution in [0.25, 0.3) is 0 Å². The summed E-state index contributed by atoms with van der Waals surface area (Å²) in [5, 5.41) is 10.7. The predicted molar refractivity (Wildman–Crippen MR) is 77.3 cm³/mol. The average Bonchev–Trinajstić information content (AvgIpc) is 2.48. The molecule has 1 saturated carbocycles. The predicted octanol–water partition coefficient (Wildman–Crippen LogP) is 2.86. The molecule has 0 heterocycles. The van der Waals surface area contributed by atoms with Crippen molar-refractivity contribution in [1.29, 1.82) is 0 Å². The molecule has 6 heteroatoms. The van der Waals surface area contributed by atoms with E-state index in [1.54, 1.807) is 0 Å². The van der Waals surface area contributed by atoms with Gasteiger partial charge in [-0.3, -0.25) is 19.1 Å². The number of ketones is 1. The van der Waals surface area contributed by atoms with Crippen molar-refractivity contribution in [3.63, 3.8) is 0 Å². The van der Waals surface area contributed by atoms with Gasteiger partial charge in [0.15, 0.2) is 5.78 Å². The van der Waals surface area contributed by atoms with E-state index in [1.807, 2.05) is 0 Å². The molecule has 1 aliphatic carbocycles. The third-order valence-electron chi connectivity index (χ3n) is 3.60. The van der Waals surface area contributed by atoms with Crippen LogP contribution in [0, 0.1) is 10.1 Å². The smallest absolute Gasteiger partial charge is 0.269 e. The minimum absolute atomic E-state index is 0.0163. The summed E-state index contributed by atoms with van der Waals surface area (Å²) in [5.74, 6) is -0.188. The molecule has 0 spiro atoms. The molecule has 0 radical (unpaired) electrons.